The molecule has 1 amide bonds. The van der Waals surface area contributed by atoms with Crippen LogP contribution in [-0.4, -0.2) is 55.7 Å². The van der Waals surface area contributed by atoms with E-state index in [4.69, 9.17) is 9.47 Å². The molecule has 0 aliphatic carbocycles. The molecule has 2 aliphatic heterocycles. The second kappa shape index (κ2) is 9.81. The number of carbonyl (C=O) groups excluding carboxylic acids is 1. The molecule has 6 nitrogen and oxygen atoms in total. The lowest BCUT2D eigenvalue weighted by Crippen LogP contribution is -2.48. The SMILES string of the molecule is CC(C)NC1CCN(CC(=O)N(Cc2cccs2)c2ccc3c(c2)OCCO3)CC1. The molecule has 1 aromatic carbocycles. The molecule has 7 heteroatoms. The second-order valence-corrected chi connectivity index (χ2v) is 9.29. The van der Waals surface area contributed by atoms with Crippen molar-refractivity contribution in [1.29, 1.82) is 0 Å². The quantitative estimate of drug-likeness (QED) is 0.730. The number of thiophene rings is 1. The van der Waals surface area contributed by atoms with Gasteiger partial charge in [0.15, 0.2) is 11.5 Å². The van der Waals surface area contributed by atoms with Crippen LogP contribution < -0.4 is 19.7 Å². The number of hydrogen-bond acceptors (Lipinski definition) is 6. The first-order valence-electron chi connectivity index (χ1n) is 10.8. The minimum atomic E-state index is 0.121. The Morgan fingerprint density at radius 2 is 1.97 bits per heavy atom. The highest BCUT2D eigenvalue weighted by molar-refractivity contribution is 7.09. The van der Waals surface area contributed by atoms with Crippen LogP contribution in [0.2, 0.25) is 0 Å². The molecule has 0 unspecified atom stereocenters. The maximum atomic E-state index is 13.4. The standard InChI is InChI=1S/C23H31N3O3S/c1-17(2)24-18-7-9-25(10-8-18)16-23(27)26(15-20-4-3-13-30-20)19-5-6-21-22(14-19)29-12-11-28-21/h3-6,13-14,17-18,24H,7-12,15-16H2,1-2H3. The summed E-state index contributed by atoms with van der Waals surface area (Å²) in [6, 6.07) is 10.9. The Balaban J connectivity index is 1.45. The summed E-state index contributed by atoms with van der Waals surface area (Å²) >= 11 is 1.67. The fraction of sp³-hybridized carbons (Fsp3) is 0.522. The lowest BCUT2D eigenvalue weighted by atomic mass is 10.0. The fourth-order valence-corrected chi connectivity index (χ4v) is 4.78. The summed E-state index contributed by atoms with van der Waals surface area (Å²) in [5.41, 5.74) is 0.856. The van der Waals surface area contributed by atoms with Crippen LogP contribution in [-0.2, 0) is 11.3 Å². The average molecular weight is 430 g/mol. The van der Waals surface area contributed by atoms with Gasteiger partial charge in [-0.1, -0.05) is 19.9 Å². The van der Waals surface area contributed by atoms with Gasteiger partial charge in [-0.05, 0) is 36.4 Å². The molecule has 30 heavy (non-hydrogen) atoms. The molecule has 1 fully saturated rings. The molecule has 2 aromatic rings. The molecule has 0 spiro atoms. The van der Waals surface area contributed by atoms with Crippen molar-refractivity contribution < 1.29 is 14.3 Å². The zero-order valence-electron chi connectivity index (χ0n) is 17.8. The van der Waals surface area contributed by atoms with E-state index in [1.165, 1.54) is 0 Å². The number of amides is 1. The number of fused-ring (bicyclic) bond motifs is 1. The zero-order chi connectivity index (χ0) is 20.9. The smallest absolute Gasteiger partial charge is 0.241 e. The van der Waals surface area contributed by atoms with E-state index >= 15 is 0 Å². The molecule has 1 N–H and O–H groups in total. The summed E-state index contributed by atoms with van der Waals surface area (Å²) < 4.78 is 11.4. The van der Waals surface area contributed by atoms with E-state index in [1.54, 1.807) is 11.3 Å². The van der Waals surface area contributed by atoms with Crippen LogP contribution >= 0.6 is 11.3 Å². The van der Waals surface area contributed by atoms with Gasteiger partial charge in [-0.2, -0.15) is 0 Å². The van der Waals surface area contributed by atoms with Crippen LogP contribution in [0.25, 0.3) is 0 Å². The molecule has 1 aromatic heterocycles. The number of ether oxygens (including phenoxy) is 2. The molecule has 3 heterocycles. The minimum absolute atomic E-state index is 0.121. The van der Waals surface area contributed by atoms with Crippen LogP contribution in [0, 0.1) is 0 Å². The van der Waals surface area contributed by atoms with Crippen molar-refractivity contribution in [2.45, 2.75) is 45.3 Å². The van der Waals surface area contributed by atoms with Gasteiger partial charge in [0.05, 0.1) is 13.1 Å². The molecule has 0 radical (unpaired) electrons. The van der Waals surface area contributed by atoms with E-state index in [2.05, 4.69) is 30.1 Å². The fourth-order valence-electron chi connectivity index (χ4n) is 4.09. The number of nitrogens with zero attached hydrogens (tertiary/aromatic N) is 2. The average Bonchev–Trinajstić information content (AvgIpc) is 3.26. The van der Waals surface area contributed by atoms with Gasteiger partial charge in [0.2, 0.25) is 5.91 Å². The number of benzene rings is 1. The van der Waals surface area contributed by atoms with Crippen molar-refractivity contribution in [2.75, 3.05) is 37.7 Å². The summed E-state index contributed by atoms with van der Waals surface area (Å²) in [6.07, 6.45) is 2.17. The molecule has 0 bridgehead atoms. The van der Waals surface area contributed by atoms with E-state index in [0.29, 0.717) is 44.1 Å². The number of piperidine rings is 1. The molecular formula is C23H31N3O3S. The van der Waals surface area contributed by atoms with E-state index in [0.717, 1.165) is 42.2 Å². The highest BCUT2D eigenvalue weighted by Gasteiger charge is 2.25. The first kappa shape index (κ1) is 21.2. The third-order valence-corrected chi connectivity index (χ3v) is 6.41. The second-order valence-electron chi connectivity index (χ2n) is 8.26. The Morgan fingerprint density at radius 1 is 1.20 bits per heavy atom. The van der Waals surface area contributed by atoms with Crippen LogP contribution in [0.15, 0.2) is 35.7 Å². The molecular weight excluding hydrogens is 398 g/mol. The summed E-state index contributed by atoms with van der Waals surface area (Å²) in [7, 11) is 0. The van der Waals surface area contributed by atoms with Gasteiger partial charge in [-0.3, -0.25) is 9.69 Å². The minimum Gasteiger partial charge on any atom is -0.486 e. The molecule has 1 saturated heterocycles. The van der Waals surface area contributed by atoms with Gasteiger partial charge in [0.25, 0.3) is 0 Å². The third-order valence-electron chi connectivity index (χ3n) is 5.55. The summed E-state index contributed by atoms with van der Waals surface area (Å²) in [6.45, 7) is 8.38. The summed E-state index contributed by atoms with van der Waals surface area (Å²) in [5.74, 6) is 1.58. The molecule has 0 atom stereocenters. The van der Waals surface area contributed by atoms with Crippen LogP contribution in [0.1, 0.15) is 31.6 Å². The van der Waals surface area contributed by atoms with Gasteiger partial charge in [-0.15, -0.1) is 11.3 Å². The molecule has 2 aliphatic rings. The molecule has 4 rings (SSSR count). The van der Waals surface area contributed by atoms with Crippen molar-refractivity contribution in [3.8, 4) is 11.5 Å². The number of rotatable bonds is 7. The molecule has 162 valence electrons. The number of anilines is 1. The maximum Gasteiger partial charge on any atom is 0.241 e. The first-order chi connectivity index (χ1) is 14.6. The highest BCUT2D eigenvalue weighted by atomic mass is 32.1. The summed E-state index contributed by atoms with van der Waals surface area (Å²) in [4.78, 5) is 18.7. The van der Waals surface area contributed by atoms with Gasteiger partial charge >= 0.3 is 0 Å². The predicted molar refractivity (Wildman–Crippen MR) is 121 cm³/mol. The number of carbonyl (C=O) groups is 1. The van der Waals surface area contributed by atoms with Gasteiger partial charge < -0.3 is 19.7 Å². The molecule has 0 saturated carbocycles. The maximum absolute atomic E-state index is 13.4. The van der Waals surface area contributed by atoms with Crippen molar-refractivity contribution >= 4 is 22.9 Å². The van der Waals surface area contributed by atoms with Gasteiger partial charge in [0.1, 0.15) is 13.2 Å². The van der Waals surface area contributed by atoms with Crippen LogP contribution in [0.5, 0.6) is 11.5 Å². The first-order valence-corrected chi connectivity index (χ1v) is 11.7. The largest absolute Gasteiger partial charge is 0.486 e. The monoisotopic (exact) mass is 429 g/mol. The number of nitrogens with one attached hydrogen (secondary N) is 1. The zero-order valence-corrected chi connectivity index (χ0v) is 18.6. The van der Waals surface area contributed by atoms with Crippen molar-refractivity contribution in [1.82, 2.24) is 10.2 Å². The highest BCUT2D eigenvalue weighted by Crippen LogP contribution is 2.34. The normalized spacial score (nSPS) is 17.3. The van der Waals surface area contributed by atoms with E-state index < -0.39 is 0 Å². The summed E-state index contributed by atoms with van der Waals surface area (Å²) in [5, 5.41) is 5.67. The van der Waals surface area contributed by atoms with Gasteiger partial charge in [0, 0.05) is 41.8 Å². The van der Waals surface area contributed by atoms with Crippen LogP contribution in [0.3, 0.4) is 0 Å². The number of likely N-dealkylation sites (tertiary alicyclic amines) is 1. The Labute approximate surface area is 182 Å². The Bertz CT molecular complexity index is 832. The van der Waals surface area contributed by atoms with Crippen molar-refractivity contribution in [3.05, 3.63) is 40.6 Å². The van der Waals surface area contributed by atoms with E-state index in [1.807, 2.05) is 34.5 Å². The van der Waals surface area contributed by atoms with Crippen molar-refractivity contribution in [3.63, 3.8) is 0 Å². The van der Waals surface area contributed by atoms with E-state index in [9.17, 15) is 4.79 Å². The Kier molecular flexibility index (Phi) is 6.92. The van der Waals surface area contributed by atoms with E-state index in [-0.39, 0.29) is 5.91 Å². The Morgan fingerprint density at radius 3 is 2.67 bits per heavy atom. The van der Waals surface area contributed by atoms with Crippen LogP contribution in [0.4, 0.5) is 5.69 Å². The van der Waals surface area contributed by atoms with Gasteiger partial charge in [-0.25, -0.2) is 0 Å². The lowest BCUT2D eigenvalue weighted by Gasteiger charge is -2.34. The topological polar surface area (TPSA) is 54.0 Å². The predicted octanol–water partition coefficient (Wildman–Crippen LogP) is 3.51. The third kappa shape index (κ3) is 5.33. The number of hydrogen-bond donors (Lipinski definition) is 1. The van der Waals surface area contributed by atoms with Crippen molar-refractivity contribution in [2.24, 2.45) is 0 Å². The Hall–Kier alpha value is -2.09. The lowest BCUT2D eigenvalue weighted by molar-refractivity contribution is -0.120.